The fraction of sp³-hybridized carbons (Fsp3) is 0.529. The Labute approximate surface area is 131 Å². The summed E-state index contributed by atoms with van der Waals surface area (Å²) in [4.78, 5) is 18.4. The standard InChI is InChI=1S/C17H24N2O3/c1-12-6-8-14(13-7-9-15(21-5)18-10-13)19(11-12)16(20)22-17(2,3)4/h7-10,12H,6,11H2,1-5H3. The Bertz CT molecular complexity index is 558. The minimum atomic E-state index is -0.513. The molecule has 2 rings (SSSR count). The first-order chi connectivity index (χ1) is 10.3. The fourth-order valence-corrected chi connectivity index (χ4v) is 2.32. The van der Waals surface area contributed by atoms with Crippen molar-refractivity contribution in [2.45, 2.75) is 39.7 Å². The van der Waals surface area contributed by atoms with Crippen molar-refractivity contribution in [3.8, 4) is 5.88 Å². The van der Waals surface area contributed by atoms with Crippen LogP contribution in [0.4, 0.5) is 4.79 Å². The summed E-state index contributed by atoms with van der Waals surface area (Å²) in [5.41, 5.74) is 1.22. The summed E-state index contributed by atoms with van der Waals surface area (Å²) in [6.07, 6.45) is 4.40. The van der Waals surface area contributed by atoms with E-state index in [4.69, 9.17) is 9.47 Å². The van der Waals surface area contributed by atoms with E-state index in [-0.39, 0.29) is 6.09 Å². The molecular formula is C17H24N2O3. The summed E-state index contributed by atoms with van der Waals surface area (Å²) < 4.78 is 10.6. The zero-order valence-corrected chi connectivity index (χ0v) is 13.9. The second kappa shape index (κ2) is 6.38. The Morgan fingerprint density at radius 3 is 2.64 bits per heavy atom. The molecule has 5 heteroatoms. The Morgan fingerprint density at radius 1 is 1.36 bits per heavy atom. The number of hydrogen-bond acceptors (Lipinski definition) is 4. The molecule has 0 bridgehead atoms. The molecule has 0 spiro atoms. The number of pyridine rings is 1. The van der Waals surface area contributed by atoms with Crippen molar-refractivity contribution in [1.82, 2.24) is 9.88 Å². The predicted molar refractivity (Wildman–Crippen MR) is 85.5 cm³/mol. The van der Waals surface area contributed by atoms with Gasteiger partial charge in [0.25, 0.3) is 0 Å². The highest BCUT2D eigenvalue weighted by Crippen LogP contribution is 2.29. The van der Waals surface area contributed by atoms with Crippen LogP contribution in [0.2, 0.25) is 0 Å². The Balaban J connectivity index is 2.27. The molecule has 0 radical (unpaired) electrons. The van der Waals surface area contributed by atoms with Gasteiger partial charge in [-0.2, -0.15) is 0 Å². The molecule has 1 amide bonds. The van der Waals surface area contributed by atoms with Crippen molar-refractivity contribution >= 4 is 11.8 Å². The molecule has 0 saturated carbocycles. The highest BCUT2D eigenvalue weighted by atomic mass is 16.6. The minimum Gasteiger partial charge on any atom is -0.481 e. The zero-order valence-electron chi connectivity index (χ0n) is 13.9. The van der Waals surface area contributed by atoms with Crippen LogP contribution in [0.3, 0.4) is 0 Å². The molecule has 1 unspecified atom stereocenters. The maximum Gasteiger partial charge on any atom is 0.414 e. The van der Waals surface area contributed by atoms with E-state index in [1.807, 2.05) is 26.8 Å². The molecule has 1 atom stereocenters. The summed E-state index contributed by atoms with van der Waals surface area (Å²) in [6.45, 7) is 8.38. The number of rotatable bonds is 2. The first-order valence-electron chi connectivity index (χ1n) is 7.51. The van der Waals surface area contributed by atoms with E-state index >= 15 is 0 Å². The molecule has 1 aliphatic rings. The molecule has 1 aliphatic heterocycles. The topological polar surface area (TPSA) is 51.7 Å². The summed E-state index contributed by atoms with van der Waals surface area (Å²) in [7, 11) is 1.58. The van der Waals surface area contributed by atoms with E-state index in [1.54, 1.807) is 24.3 Å². The van der Waals surface area contributed by atoms with Gasteiger partial charge in [0.1, 0.15) is 5.60 Å². The lowest BCUT2D eigenvalue weighted by molar-refractivity contribution is 0.0327. The van der Waals surface area contributed by atoms with Crippen LogP contribution in [0, 0.1) is 5.92 Å². The third-order valence-corrected chi connectivity index (χ3v) is 3.35. The largest absolute Gasteiger partial charge is 0.481 e. The van der Waals surface area contributed by atoms with Gasteiger partial charge in [-0.15, -0.1) is 0 Å². The highest BCUT2D eigenvalue weighted by Gasteiger charge is 2.29. The van der Waals surface area contributed by atoms with Crippen molar-refractivity contribution in [1.29, 1.82) is 0 Å². The molecule has 120 valence electrons. The van der Waals surface area contributed by atoms with E-state index in [1.165, 1.54) is 0 Å². The number of aromatic nitrogens is 1. The van der Waals surface area contributed by atoms with Crippen molar-refractivity contribution in [2.24, 2.45) is 5.92 Å². The van der Waals surface area contributed by atoms with Gasteiger partial charge in [0.2, 0.25) is 5.88 Å². The average molecular weight is 304 g/mol. The molecule has 0 saturated heterocycles. The molecule has 0 N–H and O–H groups in total. The second-order valence-electron chi connectivity index (χ2n) is 6.61. The third kappa shape index (κ3) is 4.00. The van der Waals surface area contributed by atoms with E-state index in [0.29, 0.717) is 18.3 Å². The van der Waals surface area contributed by atoms with Gasteiger partial charge in [0.05, 0.1) is 12.8 Å². The van der Waals surface area contributed by atoms with Gasteiger partial charge in [-0.05, 0) is 39.2 Å². The van der Waals surface area contributed by atoms with Gasteiger partial charge in [-0.3, -0.25) is 4.90 Å². The van der Waals surface area contributed by atoms with Crippen molar-refractivity contribution < 1.29 is 14.3 Å². The molecular weight excluding hydrogens is 280 g/mol. The van der Waals surface area contributed by atoms with Crippen molar-refractivity contribution in [3.63, 3.8) is 0 Å². The number of ether oxygens (including phenoxy) is 2. The van der Waals surface area contributed by atoms with E-state index in [9.17, 15) is 4.79 Å². The first kappa shape index (κ1) is 16.3. The van der Waals surface area contributed by atoms with Crippen molar-refractivity contribution in [2.75, 3.05) is 13.7 Å². The molecule has 5 nitrogen and oxygen atoms in total. The smallest absolute Gasteiger partial charge is 0.414 e. The van der Waals surface area contributed by atoms with Gasteiger partial charge >= 0.3 is 6.09 Å². The van der Waals surface area contributed by atoms with Crippen LogP contribution in [0.1, 0.15) is 39.7 Å². The van der Waals surface area contributed by atoms with Crippen LogP contribution in [0.25, 0.3) is 5.70 Å². The first-order valence-corrected chi connectivity index (χ1v) is 7.51. The van der Waals surface area contributed by atoms with Crippen LogP contribution >= 0.6 is 0 Å². The van der Waals surface area contributed by atoms with Crippen LogP contribution < -0.4 is 4.74 Å². The van der Waals surface area contributed by atoms with E-state index in [0.717, 1.165) is 17.7 Å². The number of carbonyl (C=O) groups excluding carboxylic acids is 1. The molecule has 2 heterocycles. The Hall–Kier alpha value is -2.04. The summed E-state index contributed by atoms with van der Waals surface area (Å²) in [5.74, 6) is 0.958. The predicted octanol–water partition coefficient (Wildman–Crippen LogP) is 3.71. The number of nitrogens with zero attached hydrogens (tertiary/aromatic N) is 2. The second-order valence-corrected chi connectivity index (χ2v) is 6.61. The normalized spacial score (nSPS) is 18.7. The quantitative estimate of drug-likeness (QED) is 0.836. The van der Waals surface area contributed by atoms with Gasteiger partial charge < -0.3 is 9.47 Å². The Morgan fingerprint density at radius 2 is 2.09 bits per heavy atom. The maximum atomic E-state index is 12.5. The zero-order chi connectivity index (χ0) is 16.3. The summed E-state index contributed by atoms with van der Waals surface area (Å²) in [6, 6.07) is 3.70. The molecule has 0 aromatic carbocycles. The van der Waals surface area contributed by atoms with E-state index in [2.05, 4.69) is 18.0 Å². The monoisotopic (exact) mass is 304 g/mol. The summed E-state index contributed by atoms with van der Waals surface area (Å²) in [5, 5.41) is 0. The lowest BCUT2D eigenvalue weighted by Gasteiger charge is -2.33. The van der Waals surface area contributed by atoms with Crippen molar-refractivity contribution in [3.05, 3.63) is 30.0 Å². The number of carbonyl (C=O) groups is 1. The number of allylic oxidation sites excluding steroid dienone is 1. The molecule has 22 heavy (non-hydrogen) atoms. The molecule has 0 aliphatic carbocycles. The average Bonchev–Trinajstić information content (AvgIpc) is 2.45. The third-order valence-electron chi connectivity index (χ3n) is 3.35. The van der Waals surface area contributed by atoms with Gasteiger partial charge in [-0.1, -0.05) is 13.0 Å². The fourth-order valence-electron chi connectivity index (χ4n) is 2.32. The van der Waals surface area contributed by atoms with Gasteiger partial charge in [0.15, 0.2) is 0 Å². The van der Waals surface area contributed by atoms with Crippen LogP contribution in [0.5, 0.6) is 5.88 Å². The lowest BCUT2D eigenvalue weighted by Crippen LogP contribution is -2.39. The SMILES string of the molecule is COc1ccc(C2=CCC(C)CN2C(=O)OC(C)(C)C)cn1. The molecule has 1 aromatic rings. The van der Waals surface area contributed by atoms with Gasteiger partial charge in [-0.25, -0.2) is 9.78 Å². The maximum absolute atomic E-state index is 12.5. The highest BCUT2D eigenvalue weighted by molar-refractivity contribution is 5.82. The number of methoxy groups -OCH3 is 1. The number of hydrogen-bond donors (Lipinski definition) is 0. The lowest BCUT2D eigenvalue weighted by atomic mass is 9.99. The number of amides is 1. The molecule has 1 aromatic heterocycles. The van der Waals surface area contributed by atoms with Crippen LogP contribution in [-0.4, -0.2) is 35.2 Å². The van der Waals surface area contributed by atoms with Gasteiger partial charge in [0, 0.05) is 24.4 Å². The molecule has 0 fully saturated rings. The Kier molecular flexibility index (Phi) is 4.74. The van der Waals surface area contributed by atoms with Crippen LogP contribution in [0.15, 0.2) is 24.4 Å². The minimum absolute atomic E-state index is 0.318. The van der Waals surface area contributed by atoms with E-state index < -0.39 is 5.60 Å². The van der Waals surface area contributed by atoms with Crippen LogP contribution in [-0.2, 0) is 4.74 Å². The summed E-state index contributed by atoms with van der Waals surface area (Å²) >= 11 is 0.